The van der Waals surface area contributed by atoms with Crippen LogP contribution in [0.5, 0.6) is 0 Å². The van der Waals surface area contributed by atoms with E-state index in [4.69, 9.17) is 4.74 Å². The molecule has 6 aliphatic carbocycles. The van der Waals surface area contributed by atoms with E-state index >= 15 is 0 Å². The lowest BCUT2D eigenvalue weighted by Crippen LogP contribution is -2.49. The van der Waals surface area contributed by atoms with Crippen molar-refractivity contribution >= 4 is 17.5 Å². The summed E-state index contributed by atoms with van der Waals surface area (Å²) in [7, 11) is 0. The molecule has 1 aliphatic heterocycles. The Morgan fingerprint density at radius 1 is 0.826 bits per heavy atom. The fourth-order valence-electron chi connectivity index (χ4n) is 9.04. The van der Waals surface area contributed by atoms with Crippen molar-refractivity contribution in [3.63, 3.8) is 0 Å². The molecule has 0 aromatic rings. The molecule has 4 N–H and O–H groups in total. The van der Waals surface area contributed by atoms with Crippen molar-refractivity contribution in [1.29, 1.82) is 0 Å². The van der Waals surface area contributed by atoms with Gasteiger partial charge in [-0.1, -0.05) is 11.1 Å². The van der Waals surface area contributed by atoms with Crippen LogP contribution in [-0.2, 0) is 19.1 Å². The first kappa shape index (κ1) is 31.1. The van der Waals surface area contributed by atoms with Gasteiger partial charge in [-0.25, -0.2) is 4.79 Å². The van der Waals surface area contributed by atoms with Crippen LogP contribution in [0.2, 0.25) is 0 Å². The summed E-state index contributed by atoms with van der Waals surface area (Å²) in [5, 5.41) is 24.0. The maximum absolute atomic E-state index is 13.3. The second-order valence-corrected chi connectivity index (χ2v) is 14.7. The van der Waals surface area contributed by atoms with Crippen LogP contribution in [0.15, 0.2) is 79.8 Å². The number of Topliss-reactive ketones (excluding diaryl/α,β-unsaturated/α-hetero) is 2. The van der Waals surface area contributed by atoms with Gasteiger partial charge in [0.2, 0.25) is 0 Å². The number of nitrogens with one attached hydrogen (secondary N) is 2. The fourth-order valence-corrected chi connectivity index (χ4v) is 9.04. The lowest BCUT2D eigenvalue weighted by atomic mass is 9.67. The molecule has 0 saturated heterocycles. The van der Waals surface area contributed by atoms with Crippen LogP contribution in [0.4, 0.5) is 0 Å². The van der Waals surface area contributed by atoms with Crippen LogP contribution in [0.25, 0.3) is 0 Å². The van der Waals surface area contributed by atoms with Crippen LogP contribution < -0.4 is 11.0 Å². The molecule has 2 atom stereocenters. The Balaban J connectivity index is 0.932. The first-order valence-electron chi connectivity index (χ1n) is 16.7. The van der Waals surface area contributed by atoms with Gasteiger partial charge in [-0.3, -0.25) is 14.6 Å². The van der Waals surface area contributed by atoms with Crippen LogP contribution in [-0.4, -0.2) is 57.1 Å². The van der Waals surface area contributed by atoms with E-state index in [2.05, 4.69) is 24.8 Å². The normalized spacial score (nSPS) is 30.3. The summed E-state index contributed by atoms with van der Waals surface area (Å²) in [6.45, 7) is 12.3. The number of esters is 1. The molecule has 9 heteroatoms. The van der Waals surface area contributed by atoms with Crippen LogP contribution in [0.3, 0.4) is 0 Å². The Kier molecular flexibility index (Phi) is 6.92. The van der Waals surface area contributed by atoms with Gasteiger partial charge in [0.25, 0.3) is 0 Å². The van der Waals surface area contributed by atoms with Crippen molar-refractivity contribution in [3.8, 4) is 0 Å². The molecule has 0 radical (unpaired) electrons. The number of rotatable bonds is 9. The van der Waals surface area contributed by atoms with E-state index in [9.17, 15) is 24.6 Å². The Morgan fingerprint density at radius 3 is 1.78 bits per heavy atom. The highest BCUT2D eigenvalue weighted by molar-refractivity contribution is 6.11. The van der Waals surface area contributed by atoms with Crippen molar-refractivity contribution in [1.82, 2.24) is 16.0 Å². The van der Waals surface area contributed by atoms with E-state index in [-0.39, 0.29) is 18.2 Å². The molecule has 2 spiro atoms. The molecular weight excluding hydrogens is 582 g/mol. The third-order valence-electron chi connectivity index (χ3n) is 12.3. The van der Waals surface area contributed by atoms with Crippen LogP contribution in [0, 0.1) is 10.8 Å². The number of aliphatic hydroxyl groups is 2. The van der Waals surface area contributed by atoms with Gasteiger partial charge in [-0.05, 0) is 138 Å². The molecule has 2 fully saturated rings. The quantitative estimate of drug-likeness (QED) is 0.214. The molecule has 1 heterocycles. The minimum Gasteiger partial charge on any atom is -0.461 e. The summed E-state index contributed by atoms with van der Waals surface area (Å²) in [6, 6.07) is 0. The Bertz CT molecular complexity index is 1720. The fraction of sp³-hybridized carbons (Fsp3) is 0.541. The summed E-state index contributed by atoms with van der Waals surface area (Å²) < 4.78 is 5.69. The largest absolute Gasteiger partial charge is 0.461 e. The number of hydrazine groups is 2. The number of allylic oxidation sites excluding steroid dienone is 8. The topological polar surface area (TPSA) is 128 Å². The zero-order chi connectivity index (χ0) is 33.0. The molecule has 0 unspecified atom stereocenters. The van der Waals surface area contributed by atoms with Gasteiger partial charge in [0.05, 0.1) is 6.61 Å². The molecule has 2 saturated carbocycles. The second-order valence-electron chi connectivity index (χ2n) is 14.7. The zero-order valence-electron chi connectivity index (χ0n) is 27.8. The maximum Gasteiger partial charge on any atom is 0.357 e. The van der Waals surface area contributed by atoms with Crippen molar-refractivity contribution in [3.05, 3.63) is 79.8 Å². The van der Waals surface area contributed by atoms with Gasteiger partial charge in [0.1, 0.15) is 11.2 Å². The molecule has 0 aromatic carbocycles. The minimum atomic E-state index is -1.36. The average molecular weight is 628 g/mol. The number of nitrogens with zero attached hydrogens (tertiary/aromatic N) is 1. The smallest absolute Gasteiger partial charge is 0.357 e. The third kappa shape index (κ3) is 4.14. The van der Waals surface area contributed by atoms with Crippen molar-refractivity contribution in [2.24, 2.45) is 10.8 Å². The average Bonchev–Trinajstić information content (AvgIpc) is 3.90. The monoisotopic (exact) mass is 627 g/mol. The predicted octanol–water partition coefficient (Wildman–Crippen LogP) is 4.63. The molecule has 7 rings (SSSR count). The molecule has 0 bridgehead atoms. The van der Waals surface area contributed by atoms with E-state index in [1.54, 1.807) is 25.1 Å². The van der Waals surface area contributed by atoms with Gasteiger partial charge in [-0.2, -0.15) is 0 Å². The summed E-state index contributed by atoms with van der Waals surface area (Å²) >= 11 is 0. The van der Waals surface area contributed by atoms with E-state index in [1.165, 1.54) is 0 Å². The third-order valence-corrected chi connectivity index (χ3v) is 12.3. The summed E-state index contributed by atoms with van der Waals surface area (Å²) in [4.78, 5) is 39.6. The number of fused-ring (bicyclic) bond motifs is 2. The highest BCUT2D eigenvalue weighted by Crippen LogP contribution is 2.66. The van der Waals surface area contributed by atoms with E-state index < -0.39 is 28.0 Å². The van der Waals surface area contributed by atoms with Crippen LogP contribution in [0.1, 0.15) is 92.9 Å². The second kappa shape index (κ2) is 10.2. The van der Waals surface area contributed by atoms with Gasteiger partial charge in [0, 0.05) is 34.7 Å². The van der Waals surface area contributed by atoms with Crippen molar-refractivity contribution in [2.45, 2.75) is 104 Å². The highest BCUT2D eigenvalue weighted by atomic mass is 16.5. The van der Waals surface area contributed by atoms with Gasteiger partial charge in [0.15, 0.2) is 17.3 Å². The van der Waals surface area contributed by atoms with Gasteiger partial charge < -0.3 is 20.4 Å². The lowest BCUT2D eigenvalue weighted by Gasteiger charge is -2.39. The minimum absolute atomic E-state index is 0.173. The highest BCUT2D eigenvalue weighted by Gasteiger charge is 2.66. The Labute approximate surface area is 270 Å². The van der Waals surface area contributed by atoms with Gasteiger partial charge >= 0.3 is 5.97 Å². The molecule has 7 aliphatic rings. The zero-order valence-corrected chi connectivity index (χ0v) is 27.8. The van der Waals surface area contributed by atoms with E-state index in [1.807, 2.05) is 26.0 Å². The molecular formula is C37H45N3O6. The maximum atomic E-state index is 13.3. The number of hydrogen-bond acceptors (Lipinski definition) is 9. The van der Waals surface area contributed by atoms with Crippen molar-refractivity contribution < 1.29 is 29.3 Å². The Morgan fingerprint density at radius 2 is 1.30 bits per heavy atom. The van der Waals surface area contributed by atoms with Crippen LogP contribution >= 0.6 is 0 Å². The van der Waals surface area contributed by atoms with Crippen molar-refractivity contribution in [2.75, 3.05) is 13.2 Å². The standard InChI is InChI=1S/C37H45N3O6/c1-20-17-26-29(22(3)36(11-12-36)34(5,44)31(26)41)24(20)9-7-15-40-28(19-38-39-40)33(43)46-16-8-10-25-21(2)18-27-30(25)23(4)37(13-14-37)35(6,45)32(27)42/h17-19,38-39,44-45H,7-16H2,1-6H3/t34-,35-/m0/s1. The SMILES string of the molecule is CC1=C(CCCOC(=O)C2=CNNN2CCCC2=C(C)C=C3C(=O)[C@](C)(O)C4(CC4)C(C)=C32)C2=C(C)C3(CC3)[C@@](C)(O)C(=O)C2=C1. The number of carbonyl (C=O) groups is 3. The lowest BCUT2D eigenvalue weighted by molar-refractivity contribution is -0.141. The molecule has 0 aromatic heterocycles. The molecule has 46 heavy (non-hydrogen) atoms. The number of ether oxygens (including phenoxy) is 1. The molecule has 244 valence electrons. The Hall–Kier alpha value is -3.53. The first-order valence-corrected chi connectivity index (χ1v) is 16.7. The first-order chi connectivity index (χ1) is 21.7. The predicted molar refractivity (Wildman–Crippen MR) is 172 cm³/mol. The number of hydrogen-bond donors (Lipinski definition) is 4. The summed E-state index contributed by atoms with van der Waals surface area (Å²) in [5.41, 5.74) is 12.6. The number of ketones is 2. The molecule has 9 nitrogen and oxygen atoms in total. The molecule has 0 amide bonds. The summed E-state index contributed by atoms with van der Waals surface area (Å²) in [6.07, 6.45) is 11.5. The van der Waals surface area contributed by atoms with E-state index in [0.29, 0.717) is 36.2 Å². The van der Waals surface area contributed by atoms with E-state index in [0.717, 1.165) is 83.1 Å². The van der Waals surface area contributed by atoms with Gasteiger partial charge in [-0.15, -0.1) is 5.53 Å². The summed E-state index contributed by atoms with van der Waals surface area (Å²) in [5.74, 6) is -0.775. The number of carbonyl (C=O) groups excluding carboxylic acids is 3.